The summed E-state index contributed by atoms with van der Waals surface area (Å²) in [6, 6.07) is 4.69. The summed E-state index contributed by atoms with van der Waals surface area (Å²) in [7, 11) is 0. The topological polar surface area (TPSA) is 163 Å². The number of halogens is 2. The number of carbonyl (C=O) groups excluding carboxylic acids is 1. The third-order valence-corrected chi connectivity index (χ3v) is 10.2. The molecule has 3 fully saturated rings. The van der Waals surface area contributed by atoms with Gasteiger partial charge in [0.1, 0.15) is 29.9 Å². The van der Waals surface area contributed by atoms with Crippen molar-refractivity contribution in [2.45, 2.75) is 69.4 Å². The largest absolute Gasteiger partial charge is 0.493 e. The third kappa shape index (κ3) is 9.28. The second kappa shape index (κ2) is 16.2. The van der Waals surface area contributed by atoms with Crippen LogP contribution in [0, 0.1) is 17.2 Å². The Kier molecular flexibility index (Phi) is 12.3. The number of aliphatic hydroxyl groups is 5. The van der Waals surface area contributed by atoms with E-state index >= 15 is 0 Å². The number of piperidine rings is 1. The summed E-state index contributed by atoms with van der Waals surface area (Å²) in [4.78, 5) is 27.7. The molecule has 1 aromatic carbocycles. The first-order valence-electron chi connectivity index (χ1n) is 16.5. The first-order chi connectivity index (χ1) is 22.6. The molecule has 0 radical (unpaired) electrons. The number of carbonyl (C=O) groups is 1. The third-order valence-electron chi connectivity index (χ3n) is 9.97. The van der Waals surface area contributed by atoms with Crippen LogP contribution in [0.1, 0.15) is 44.1 Å². The fourth-order valence-electron chi connectivity index (χ4n) is 7.09. The Balaban J connectivity index is 1.00. The van der Waals surface area contributed by atoms with Crippen molar-refractivity contribution in [3.05, 3.63) is 47.0 Å². The van der Waals surface area contributed by atoms with Crippen LogP contribution in [0.15, 0.2) is 30.6 Å². The highest BCUT2D eigenvalue weighted by Crippen LogP contribution is 2.40. The van der Waals surface area contributed by atoms with Gasteiger partial charge in [0.15, 0.2) is 0 Å². The van der Waals surface area contributed by atoms with Crippen LogP contribution in [0.2, 0.25) is 5.02 Å². The van der Waals surface area contributed by atoms with Crippen LogP contribution in [-0.2, 0) is 11.2 Å². The van der Waals surface area contributed by atoms with Gasteiger partial charge in [0.2, 0.25) is 11.9 Å². The fourth-order valence-corrected chi connectivity index (χ4v) is 7.19. The van der Waals surface area contributed by atoms with E-state index in [9.17, 15) is 29.6 Å². The summed E-state index contributed by atoms with van der Waals surface area (Å²) in [6.45, 7) is 4.01. The molecule has 12 nitrogen and oxygen atoms in total. The molecule has 2 aromatic rings. The smallest absolute Gasteiger partial charge is 0.227 e. The molecule has 3 aliphatic rings. The minimum atomic E-state index is -1.66. The molecule has 0 aliphatic carbocycles. The number of amides is 1. The molecule has 0 bridgehead atoms. The van der Waals surface area contributed by atoms with E-state index in [0.29, 0.717) is 61.0 Å². The molecule has 1 aromatic heterocycles. The van der Waals surface area contributed by atoms with Crippen molar-refractivity contribution in [1.82, 2.24) is 19.8 Å². The standard InChI is InChI=1S/C33H47ClFN5O7/c34-24-16-36-32(37-17-24)39-9-5-22(6-10-39)2-1-13-47-25-4-3-23(26(35)15-25)14-29(44)40-12-8-33(21-40)7-11-38(20-33)18-27(42)30(45)31(46)28(43)19-41/h3-4,15-17,22,27-28,30-31,41-43,45-46H,1-2,5-14,18-21H2/t27-,28+,30+,31+,33?/m0/s1. The van der Waals surface area contributed by atoms with E-state index < -0.39 is 36.8 Å². The maximum absolute atomic E-state index is 15.0. The zero-order chi connectivity index (χ0) is 33.6. The number of likely N-dealkylation sites (tertiary alicyclic amines) is 2. The lowest BCUT2D eigenvalue weighted by Crippen LogP contribution is -2.49. The minimum absolute atomic E-state index is 0.0400. The molecular formula is C33H47ClFN5O7. The van der Waals surface area contributed by atoms with Gasteiger partial charge in [0.05, 0.1) is 43.2 Å². The number of anilines is 1. The summed E-state index contributed by atoms with van der Waals surface area (Å²) < 4.78 is 20.8. The average molecular weight is 680 g/mol. The van der Waals surface area contributed by atoms with Crippen molar-refractivity contribution in [1.29, 1.82) is 0 Å². The van der Waals surface area contributed by atoms with Crippen LogP contribution in [0.3, 0.4) is 0 Å². The lowest BCUT2D eigenvalue weighted by atomic mass is 9.86. The van der Waals surface area contributed by atoms with E-state index in [1.54, 1.807) is 29.4 Å². The van der Waals surface area contributed by atoms with E-state index in [0.717, 1.165) is 51.6 Å². The Hall–Kier alpha value is -2.65. The Morgan fingerprint density at radius 1 is 1.02 bits per heavy atom. The Bertz CT molecular complexity index is 1320. The maximum Gasteiger partial charge on any atom is 0.227 e. The van der Waals surface area contributed by atoms with Crippen LogP contribution in [-0.4, -0.2) is 135 Å². The van der Waals surface area contributed by atoms with Gasteiger partial charge in [0.25, 0.3) is 0 Å². The van der Waals surface area contributed by atoms with Crippen molar-refractivity contribution in [3.8, 4) is 5.75 Å². The number of rotatable bonds is 14. The van der Waals surface area contributed by atoms with Gasteiger partial charge >= 0.3 is 0 Å². The number of benzene rings is 1. The zero-order valence-corrected chi connectivity index (χ0v) is 27.4. The van der Waals surface area contributed by atoms with Gasteiger partial charge in [-0.2, -0.15) is 0 Å². The van der Waals surface area contributed by atoms with E-state index in [2.05, 4.69) is 14.9 Å². The number of ether oxygens (including phenoxy) is 1. The molecule has 14 heteroatoms. The van der Waals surface area contributed by atoms with E-state index in [-0.39, 0.29) is 24.3 Å². The maximum atomic E-state index is 15.0. The Morgan fingerprint density at radius 3 is 2.43 bits per heavy atom. The quantitative estimate of drug-likeness (QED) is 0.183. The number of aliphatic hydroxyl groups excluding tert-OH is 5. The SMILES string of the molecule is O=C(Cc1ccc(OCCCC2CCN(c3ncc(Cl)cn3)CC2)cc1F)N1CCC2(CCN(C[C@H](O)[C@@H](O)[C@H](O)[C@H](O)CO)C2)C1. The molecule has 260 valence electrons. The first-order valence-corrected chi connectivity index (χ1v) is 16.9. The summed E-state index contributed by atoms with van der Waals surface area (Å²) in [5, 5.41) is 49.5. The second-order valence-electron chi connectivity index (χ2n) is 13.4. The van der Waals surface area contributed by atoms with Crippen LogP contribution in [0.25, 0.3) is 0 Å². The van der Waals surface area contributed by atoms with Crippen LogP contribution in [0.5, 0.6) is 5.75 Å². The summed E-state index contributed by atoms with van der Waals surface area (Å²) in [5.41, 5.74) is 0.176. The average Bonchev–Trinajstić information content (AvgIpc) is 3.69. The fraction of sp³-hybridized carbons (Fsp3) is 0.667. The van der Waals surface area contributed by atoms with Crippen molar-refractivity contribution < 1.29 is 39.5 Å². The molecule has 5 atom stereocenters. The molecule has 1 amide bonds. The lowest BCUT2D eigenvalue weighted by Gasteiger charge is -2.31. The van der Waals surface area contributed by atoms with Crippen molar-refractivity contribution in [3.63, 3.8) is 0 Å². The summed E-state index contributed by atoms with van der Waals surface area (Å²) in [5.74, 6) is 1.15. The molecule has 3 aliphatic heterocycles. The zero-order valence-electron chi connectivity index (χ0n) is 26.6. The molecular weight excluding hydrogens is 633 g/mol. The van der Waals surface area contributed by atoms with Gasteiger partial charge in [-0.1, -0.05) is 17.7 Å². The molecule has 0 saturated carbocycles. The predicted octanol–water partition coefficient (Wildman–Crippen LogP) is 1.25. The highest BCUT2D eigenvalue weighted by Gasteiger charge is 2.45. The monoisotopic (exact) mass is 679 g/mol. The molecule has 47 heavy (non-hydrogen) atoms. The Morgan fingerprint density at radius 2 is 1.72 bits per heavy atom. The van der Waals surface area contributed by atoms with Crippen LogP contribution >= 0.6 is 11.6 Å². The highest BCUT2D eigenvalue weighted by molar-refractivity contribution is 6.30. The second-order valence-corrected chi connectivity index (χ2v) is 13.8. The minimum Gasteiger partial charge on any atom is -0.493 e. The first kappa shape index (κ1) is 35.7. The van der Waals surface area contributed by atoms with Gasteiger partial charge in [-0.15, -0.1) is 0 Å². The molecule has 1 spiro atoms. The number of hydrogen-bond donors (Lipinski definition) is 5. The van der Waals surface area contributed by atoms with Gasteiger partial charge < -0.3 is 45.0 Å². The van der Waals surface area contributed by atoms with Gasteiger partial charge in [0, 0.05) is 50.7 Å². The number of nitrogens with zero attached hydrogens (tertiary/aromatic N) is 5. The number of aromatic nitrogens is 2. The molecule has 3 saturated heterocycles. The molecule has 1 unspecified atom stereocenters. The number of β-amino-alcohol motifs (C(OH)–C–C–N with tert-alkyl or cyclic N) is 1. The predicted molar refractivity (Wildman–Crippen MR) is 173 cm³/mol. The van der Waals surface area contributed by atoms with Gasteiger partial charge in [-0.05, 0) is 62.6 Å². The van der Waals surface area contributed by atoms with Crippen molar-refractivity contribution >= 4 is 23.5 Å². The van der Waals surface area contributed by atoms with Crippen LogP contribution in [0.4, 0.5) is 10.3 Å². The van der Waals surface area contributed by atoms with E-state index in [4.69, 9.17) is 21.4 Å². The number of hydrogen-bond acceptors (Lipinski definition) is 11. The van der Waals surface area contributed by atoms with Gasteiger partial charge in [-0.3, -0.25) is 4.79 Å². The summed E-state index contributed by atoms with van der Waals surface area (Å²) in [6.07, 6.45) is 2.66. The lowest BCUT2D eigenvalue weighted by molar-refractivity contribution is -0.129. The summed E-state index contributed by atoms with van der Waals surface area (Å²) >= 11 is 5.89. The van der Waals surface area contributed by atoms with Crippen LogP contribution < -0.4 is 9.64 Å². The van der Waals surface area contributed by atoms with Gasteiger partial charge in [-0.25, -0.2) is 14.4 Å². The van der Waals surface area contributed by atoms with E-state index in [1.807, 2.05) is 4.90 Å². The normalized spacial score (nSPS) is 23.3. The Labute approximate surface area is 279 Å². The van der Waals surface area contributed by atoms with E-state index in [1.165, 1.54) is 6.07 Å². The highest BCUT2D eigenvalue weighted by atomic mass is 35.5. The van der Waals surface area contributed by atoms with Crippen molar-refractivity contribution in [2.75, 3.05) is 63.9 Å². The molecule has 5 N–H and O–H groups in total. The molecule has 4 heterocycles. The molecule has 5 rings (SSSR count). The van der Waals surface area contributed by atoms with Crippen molar-refractivity contribution in [2.24, 2.45) is 11.3 Å².